The van der Waals surface area contributed by atoms with E-state index >= 15 is 0 Å². The Labute approximate surface area is 159 Å². The molecule has 9 nitrogen and oxygen atoms in total. The van der Waals surface area contributed by atoms with E-state index in [2.05, 4.69) is 30.4 Å². The Bertz CT molecular complexity index is 976. The van der Waals surface area contributed by atoms with Gasteiger partial charge in [0.1, 0.15) is 0 Å². The average Bonchev–Trinajstić information content (AvgIpc) is 3.21. The van der Waals surface area contributed by atoms with E-state index in [1.54, 1.807) is 11.0 Å². The number of H-pyrrole nitrogens is 1. The minimum absolute atomic E-state index is 0.0728. The van der Waals surface area contributed by atoms with Crippen LogP contribution in [0, 0.1) is 11.9 Å². The van der Waals surface area contributed by atoms with Crippen molar-refractivity contribution in [3.63, 3.8) is 0 Å². The zero-order chi connectivity index (χ0) is 19.5. The number of amides is 1. The summed E-state index contributed by atoms with van der Waals surface area (Å²) in [5.41, 5.74) is 1.95. The van der Waals surface area contributed by atoms with Crippen LogP contribution in [0.2, 0.25) is 0 Å². The predicted octanol–water partition coefficient (Wildman–Crippen LogP) is 1.27. The lowest BCUT2D eigenvalue weighted by atomic mass is 9.91. The summed E-state index contributed by atoms with van der Waals surface area (Å²) in [4.78, 5) is 22.6. The van der Waals surface area contributed by atoms with Crippen molar-refractivity contribution in [1.29, 1.82) is 0 Å². The Balaban J connectivity index is 1.53. The van der Waals surface area contributed by atoms with Gasteiger partial charge in [-0.2, -0.15) is 19.6 Å². The second-order valence-electron chi connectivity index (χ2n) is 6.59. The van der Waals surface area contributed by atoms with E-state index in [1.807, 2.05) is 0 Å². The molecular formula is C18H18FN7O2. The number of rotatable bonds is 5. The summed E-state index contributed by atoms with van der Waals surface area (Å²) in [5.74, 6) is -0.161. The predicted molar refractivity (Wildman–Crippen MR) is 96.3 cm³/mol. The molecule has 0 saturated carbocycles. The lowest BCUT2D eigenvalue weighted by Gasteiger charge is -2.29. The van der Waals surface area contributed by atoms with E-state index in [0.29, 0.717) is 29.9 Å². The number of carbonyl (C=O) groups excluding carboxylic acids is 1. The number of aliphatic hydroxyl groups excluding tert-OH is 1. The number of carbonyl (C=O) groups is 1. The van der Waals surface area contributed by atoms with Gasteiger partial charge in [-0.1, -0.05) is 6.07 Å². The van der Waals surface area contributed by atoms with Crippen molar-refractivity contribution < 1.29 is 14.3 Å². The van der Waals surface area contributed by atoms with Crippen LogP contribution in [0.4, 0.5) is 10.3 Å². The highest BCUT2D eigenvalue weighted by atomic mass is 19.1. The Morgan fingerprint density at radius 2 is 2.11 bits per heavy atom. The normalized spacial score (nSPS) is 17.1. The smallest absolute Gasteiger partial charge is 0.251 e. The Morgan fingerprint density at radius 3 is 2.89 bits per heavy atom. The summed E-state index contributed by atoms with van der Waals surface area (Å²) >= 11 is 0. The van der Waals surface area contributed by atoms with Crippen molar-refractivity contribution in [3.05, 3.63) is 47.8 Å². The first-order valence-corrected chi connectivity index (χ1v) is 8.90. The van der Waals surface area contributed by atoms with Gasteiger partial charge in [-0.15, -0.1) is 5.10 Å². The Kier molecular flexibility index (Phi) is 5.02. The molecule has 1 atom stereocenters. The van der Waals surface area contributed by atoms with Crippen molar-refractivity contribution in [1.82, 2.24) is 30.4 Å². The molecule has 0 bridgehead atoms. The number of aliphatic hydroxyl groups is 1. The van der Waals surface area contributed by atoms with Gasteiger partial charge in [0, 0.05) is 29.8 Å². The molecule has 144 valence electrons. The molecule has 1 aliphatic heterocycles. The fraction of sp³-hybridized carbons (Fsp3) is 0.333. The Morgan fingerprint density at radius 1 is 1.25 bits per heavy atom. The summed E-state index contributed by atoms with van der Waals surface area (Å²) in [7, 11) is 0. The fourth-order valence-corrected chi connectivity index (χ4v) is 3.33. The average molecular weight is 383 g/mol. The van der Waals surface area contributed by atoms with Gasteiger partial charge in [0.25, 0.3) is 5.95 Å². The van der Waals surface area contributed by atoms with Gasteiger partial charge in [-0.3, -0.25) is 14.8 Å². The van der Waals surface area contributed by atoms with Crippen LogP contribution in [-0.4, -0.2) is 47.9 Å². The van der Waals surface area contributed by atoms with E-state index in [4.69, 9.17) is 0 Å². The summed E-state index contributed by atoms with van der Waals surface area (Å²) in [6.07, 6.45) is 6.44. The van der Waals surface area contributed by atoms with Gasteiger partial charge >= 0.3 is 0 Å². The van der Waals surface area contributed by atoms with Crippen LogP contribution < -0.4 is 4.90 Å². The number of aromatic amines is 1. The molecule has 28 heavy (non-hydrogen) atoms. The molecular weight excluding hydrogens is 365 g/mol. The summed E-state index contributed by atoms with van der Waals surface area (Å²) in [5, 5.41) is 24.0. The number of anilines is 1. The van der Waals surface area contributed by atoms with Crippen LogP contribution in [-0.2, 0) is 17.8 Å². The number of nitrogens with zero attached hydrogens (tertiary/aromatic N) is 6. The first-order valence-electron chi connectivity index (χ1n) is 8.90. The topological polar surface area (TPSA) is 121 Å². The number of piperidine rings is 1. The van der Waals surface area contributed by atoms with Crippen LogP contribution in [0.3, 0.4) is 0 Å². The van der Waals surface area contributed by atoms with Crippen molar-refractivity contribution in [2.24, 2.45) is 5.92 Å². The molecule has 3 aromatic rings. The third-order valence-electron chi connectivity index (χ3n) is 4.77. The molecule has 0 spiro atoms. The van der Waals surface area contributed by atoms with Gasteiger partial charge < -0.3 is 5.11 Å². The second kappa shape index (κ2) is 7.77. The minimum Gasteiger partial charge on any atom is -0.392 e. The molecule has 0 aromatic carbocycles. The standard InChI is InChI=1S/C18H18FN7O2/c19-15-4-3-11(7-20-15)6-12-2-1-5-26(17(12)28)18-23-16(24-25-18)14-9-22-21-8-13(14)10-27/h3-4,7-9,12,27H,1-2,5-6,10H2,(H,23,24,25). The molecule has 1 saturated heterocycles. The van der Waals surface area contributed by atoms with E-state index in [9.17, 15) is 14.3 Å². The maximum atomic E-state index is 13.0. The van der Waals surface area contributed by atoms with Gasteiger partial charge in [0.05, 0.1) is 19.0 Å². The van der Waals surface area contributed by atoms with E-state index in [0.717, 1.165) is 18.4 Å². The number of hydrogen-bond acceptors (Lipinski definition) is 7. The molecule has 3 aromatic heterocycles. The number of pyridine rings is 1. The highest BCUT2D eigenvalue weighted by molar-refractivity contribution is 5.94. The van der Waals surface area contributed by atoms with Crippen molar-refractivity contribution >= 4 is 11.9 Å². The second-order valence-corrected chi connectivity index (χ2v) is 6.59. The summed E-state index contributed by atoms with van der Waals surface area (Å²) in [6, 6.07) is 2.94. The van der Waals surface area contributed by atoms with Crippen molar-refractivity contribution in [3.8, 4) is 11.4 Å². The highest BCUT2D eigenvalue weighted by Gasteiger charge is 2.32. The molecule has 0 aliphatic carbocycles. The van der Waals surface area contributed by atoms with E-state index in [-0.39, 0.29) is 24.4 Å². The molecule has 10 heteroatoms. The van der Waals surface area contributed by atoms with Gasteiger partial charge in [0.15, 0.2) is 5.82 Å². The quantitative estimate of drug-likeness (QED) is 0.637. The maximum Gasteiger partial charge on any atom is 0.251 e. The van der Waals surface area contributed by atoms with Crippen molar-refractivity contribution in [2.45, 2.75) is 25.9 Å². The van der Waals surface area contributed by atoms with Gasteiger partial charge in [-0.05, 0) is 30.9 Å². The van der Waals surface area contributed by atoms with Crippen LogP contribution in [0.25, 0.3) is 11.4 Å². The maximum absolute atomic E-state index is 13.0. The SMILES string of the molecule is O=C1C(Cc2ccc(F)nc2)CCCN1c1n[nH]c(-c2cnncc2CO)n1. The highest BCUT2D eigenvalue weighted by Crippen LogP contribution is 2.27. The fourth-order valence-electron chi connectivity index (χ4n) is 3.33. The zero-order valence-electron chi connectivity index (χ0n) is 14.9. The molecule has 1 unspecified atom stereocenters. The largest absolute Gasteiger partial charge is 0.392 e. The van der Waals surface area contributed by atoms with E-state index in [1.165, 1.54) is 24.7 Å². The molecule has 2 N–H and O–H groups in total. The number of nitrogens with one attached hydrogen (secondary N) is 1. The third-order valence-corrected chi connectivity index (χ3v) is 4.77. The Hall–Kier alpha value is -3.27. The lowest BCUT2D eigenvalue weighted by Crippen LogP contribution is -2.42. The van der Waals surface area contributed by atoms with Crippen LogP contribution in [0.5, 0.6) is 0 Å². The van der Waals surface area contributed by atoms with Crippen LogP contribution in [0.1, 0.15) is 24.0 Å². The molecule has 1 fully saturated rings. The lowest BCUT2D eigenvalue weighted by molar-refractivity contribution is -0.123. The van der Waals surface area contributed by atoms with Gasteiger partial charge in [0.2, 0.25) is 11.9 Å². The summed E-state index contributed by atoms with van der Waals surface area (Å²) < 4.78 is 13.0. The number of halogens is 1. The molecule has 4 heterocycles. The van der Waals surface area contributed by atoms with Crippen LogP contribution >= 0.6 is 0 Å². The molecule has 1 amide bonds. The number of hydrogen-bond donors (Lipinski definition) is 2. The number of aromatic nitrogens is 6. The molecule has 0 radical (unpaired) electrons. The third kappa shape index (κ3) is 3.58. The zero-order valence-corrected chi connectivity index (χ0v) is 14.9. The molecule has 1 aliphatic rings. The first kappa shape index (κ1) is 18.1. The summed E-state index contributed by atoms with van der Waals surface area (Å²) in [6.45, 7) is 0.313. The minimum atomic E-state index is -0.540. The first-order chi connectivity index (χ1) is 13.7. The van der Waals surface area contributed by atoms with E-state index < -0.39 is 5.95 Å². The van der Waals surface area contributed by atoms with Crippen molar-refractivity contribution in [2.75, 3.05) is 11.4 Å². The molecule has 4 rings (SSSR count). The van der Waals surface area contributed by atoms with Gasteiger partial charge in [-0.25, -0.2) is 4.98 Å². The van der Waals surface area contributed by atoms with Crippen LogP contribution in [0.15, 0.2) is 30.7 Å². The monoisotopic (exact) mass is 383 g/mol.